The van der Waals surface area contributed by atoms with Gasteiger partial charge in [-0.3, -0.25) is 14.4 Å². The van der Waals surface area contributed by atoms with E-state index in [2.05, 4.69) is 20.8 Å². The van der Waals surface area contributed by atoms with Crippen LogP contribution in [0.4, 0.5) is 5.69 Å². The number of carbonyl (C=O) groups excluding carboxylic acids is 3. The maximum atomic E-state index is 14.6. The Morgan fingerprint density at radius 2 is 1.71 bits per heavy atom. The Kier molecular flexibility index (Phi) is 11.8. The van der Waals surface area contributed by atoms with Crippen LogP contribution in [0, 0.1) is 16.7 Å². The van der Waals surface area contributed by atoms with Gasteiger partial charge in [-0.15, -0.1) is 0 Å². The van der Waals surface area contributed by atoms with Gasteiger partial charge >= 0.3 is 17.9 Å². The molecule has 10 nitrogen and oxygen atoms in total. The van der Waals surface area contributed by atoms with Crippen molar-refractivity contribution < 1.29 is 44.0 Å². The molecule has 278 valence electrons. The van der Waals surface area contributed by atoms with Gasteiger partial charge in [-0.1, -0.05) is 75.5 Å². The first-order chi connectivity index (χ1) is 24.6. The molecular weight excluding hydrogens is 709 g/mol. The first-order valence-electron chi connectivity index (χ1n) is 17.6. The first kappa shape index (κ1) is 38.9. The number of phenols is 2. The third kappa shape index (κ3) is 7.88. The maximum Gasteiger partial charge on any atom is 0.342 e. The summed E-state index contributed by atoms with van der Waals surface area (Å²) in [5.41, 5.74) is 0.734. The summed E-state index contributed by atoms with van der Waals surface area (Å²) in [5.74, 6) is -3.34. The Bertz CT molecular complexity index is 1860. The van der Waals surface area contributed by atoms with Gasteiger partial charge in [0.05, 0.1) is 24.4 Å². The van der Waals surface area contributed by atoms with Gasteiger partial charge in [-0.05, 0) is 73.8 Å². The van der Waals surface area contributed by atoms with Crippen molar-refractivity contribution in [1.82, 2.24) is 0 Å². The molecule has 2 saturated carbocycles. The van der Waals surface area contributed by atoms with Gasteiger partial charge in [0.2, 0.25) is 0 Å². The van der Waals surface area contributed by atoms with Crippen molar-refractivity contribution in [3.8, 4) is 11.5 Å². The van der Waals surface area contributed by atoms with Crippen molar-refractivity contribution in [1.29, 1.82) is 0 Å². The summed E-state index contributed by atoms with van der Waals surface area (Å²) in [4.78, 5) is 53.2. The fourth-order valence-electron chi connectivity index (χ4n) is 7.76. The summed E-state index contributed by atoms with van der Waals surface area (Å²) in [6.45, 7) is 8.31. The van der Waals surface area contributed by atoms with Gasteiger partial charge in [0.25, 0.3) is 5.91 Å². The number of aromatic hydroxyl groups is 2. The van der Waals surface area contributed by atoms with E-state index in [0.29, 0.717) is 24.3 Å². The quantitative estimate of drug-likeness (QED) is 0.137. The zero-order valence-electron chi connectivity index (χ0n) is 29.8. The highest BCUT2D eigenvalue weighted by Gasteiger charge is 2.63. The second-order valence-corrected chi connectivity index (χ2v) is 15.4. The van der Waals surface area contributed by atoms with Crippen LogP contribution in [0.3, 0.4) is 0 Å². The summed E-state index contributed by atoms with van der Waals surface area (Å²) in [7, 11) is 0. The van der Waals surface area contributed by atoms with E-state index in [9.17, 15) is 29.4 Å². The average Bonchev–Trinajstić information content (AvgIpc) is 3.43. The Morgan fingerprint density at radius 1 is 0.981 bits per heavy atom. The molecule has 12 heteroatoms. The Balaban J connectivity index is 1.50. The molecule has 3 N–H and O–H groups in total. The first-order valence-corrected chi connectivity index (χ1v) is 18.4. The monoisotopic (exact) mass is 753 g/mol. The van der Waals surface area contributed by atoms with Gasteiger partial charge in [0.15, 0.2) is 0 Å². The third-order valence-electron chi connectivity index (χ3n) is 11.3. The van der Waals surface area contributed by atoms with E-state index in [1.807, 2.05) is 6.92 Å². The van der Waals surface area contributed by atoms with Crippen molar-refractivity contribution in [3.63, 3.8) is 0 Å². The van der Waals surface area contributed by atoms with Crippen molar-refractivity contribution in [2.75, 3.05) is 4.90 Å². The molecule has 0 saturated heterocycles. The summed E-state index contributed by atoms with van der Waals surface area (Å²) >= 11 is 12.5. The number of phenolic OH excluding ortho intramolecular Hbond substituents is 2. The van der Waals surface area contributed by atoms with E-state index < -0.39 is 42.1 Å². The smallest absolute Gasteiger partial charge is 0.342 e. The minimum Gasteiger partial charge on any atom is -0.507 e. The molecule has 2 aliphatic carbocycles. The highest BCUT2D eigenvalue weighted by Crippen LogP contribution is 2.66. The topological polar surface area (TPSA) is 151 Å². The standard InChI is InChI=1S/C40H45Cl2NO9/c1-5-6-11-32(51-35(47)15-14-34(45)46)27-9-7-8-10-28(27)37(49)43(22-23-18-25(41)20-30(42)36(23)48)26-12-13-29(31(44)21-26)38(50)52-33-19-24-16-17-40(33,4)39(24,2)3/h7-10,12-13,18,20-21,24,32-33,44,48H,5-6,11,14-17,19,22H2,1-4H3,(H,45,46). The Labute approximate surface area is 313 Å². The molecule has 0 radical (unpaired) electrons. The lowest BCUT2D eigenvalue weighted by atomic mass is 9.70. The van der Waals surface area contributed by atoms with Gasteiger partial charge in [0, 0.05) is 38.9 Å². The summed E-state index contributed by atoms with van der Waals surface area (Å²) in [6.07, 6.45) is 2.71. The van der Waals surface area contributed by atoms with E-state index in [4.69, 9.17) is 37.8 Å². The highest BCUT2D eigenvalue weighted by molar-refractivity contribution is 6.35. The van der Waals surface area contributed by atoms with Crippen LogP contribution in [-0.2, 0) is 25.6 Å². The largest absolute Gasteiger partial charge is 0.507 e. The van der Waals surface area contributed by atoms with Crippen LogP contribution in [0.1, 0.15) is 117 Å². The number of carbonyl (C=O) groups is 4. The molecule has 3 aromatic carbocycles. The minimum atomic E-state index is -1.14. The van der Waals surface area contributed by atoms with Crippen molar-refractivity contribution in [2.45, 2.75) is 97.8 Å². The predicted octanol–water partition coefficient (Wildman–Crippen LogP) is 9.26. The predicted molar refractivity (Wildman–Crippen MR) is 197 cm³/mol. The number of amides is 1. The highest BCUT2D eigenvalue weighted by atomic mass is 35.5. The lowest BCUT2D eigenvalue weighted by Gasteiger charge is -2.38. The summed E-state index contributed by atoms with van der Waals surface area (Å²) < 4.78 is 11.8. The molecule has 1 amide bonds. The number of nitrogens with zero attached hydrogens (tertiary/aromatic N) is 1. The van der Waals surface area contributed by atoms with Crippen LogP contribution < -0.4 is 4.90 Å². The molecule has 5 rings (SSSR count). The number of aliphatic carboxylic acids is 1. The van der Waals surface area contributed by atoms with E-state index in [1.165, 1.54) is 35.2 Å². The number of carboxylic acids is 1. The zero-order valence-corrected chi connectivity index (χ0v) is 31.3. The minimum absolute atomic E-state index is 0.0160. The maximum absolute atomic E-state index is 14.6. The van der Waals surface area contributed by atoms with Crippen molar-refractivity contribution in [2.24, 2.45) is 16.7 Å². The molecule has 0 aliphatic heterocycles. The van der Waals surface area contributed by atoms with E-state index >= 15 is 0 Å². The third-order valence-corrected chi connectivity index (χ3v) is 11.8. The summed E-state index contributed by atoms with van der Waals surface area (Å²) in [5, 5.41) is 31.4. The number of benzene rings is 3. The number of anilines is 1. The van der Waals surface area contributed by atoms with Gasteiger partial charge in [0.1, 0.15) is 29.3 Å². The van der Waals surface area contributed by atoms with Crippen LogP contribution in [-0.4, -0.2) is 45.2 Å². The van der Waals surface area contributed by atoms with E-state index in [1.54, 1.807) is 24.3 Å². The average molecular weight is 755 g/mol. The molecule has 2 aliphatic rings. The number of unbranched alkanes of at least 4 members (excludes halogenated alkanes) is 1. The summed E-state index contributed by atoms with van der Waals surface area (Å²) in [6, 6.07) is 13.6. The van der Waals surface area contributed by atoms with E-state index in [-0.39, 0.29) is 68.1 Å². The molecule has 4 atom stereocenters. The van der Waals surface area contributed by atoms with Gasteiger partial charge in [-0.2, -0.15) is 0 Å². The molecule has 2 fully saturated rings. The fourth-order valence-corrected chi connectivity index (χ4v) is 8.30. The van der Waals surface area contributed by atoms with Crippen molar-refractivity contribution in [3.05, 3.63) is 86.9 Å². The second-order valence-electron chi connectivity index (χ2n) is 14.6. The zero-order chi connectivity index (χ0) is 38.0. The number of hydrogen-bond acceptors (Lipinski definition) is 8. The van der Waals surface area contributed by atoms with Crippen LogP contribution in [0.15, 0.2) is 54.6 Å². The lowest BCUT2D eigenvalue weighted by molar-refractivity contribution is -0.152. The number of halogens is 2. The van der Waals surface area contributed by atoms with Gasteiger partial charge in [-0.25, -0.2) is 4.79 Å². The van der Waals surface area contributed by atoms with Crippen LogP contribution in [0.2, 0.25) is 10.0 Å². The number of rotatable bonds is 14. The van der Waals surface area contributed by atoms with Gasteiger partial charge < -0.3 is 29.7 Å². The molecular formula is C40H45Cl2NO9. The Morgan fingerprint density at radius 3 is 2.35 bits per heavy atom. The fraction of sp³-hybridized carbons (Fsp3) is 0.450. The molecule has 0 spiro atoms. The number of carboxylic acid groups (broad SMARTS) is 1. The molecule has 2 bridgehead atoms. The van der Waals surface area contributed by atoms with E-state index in [0.717, 1.165) is 25.7 Å². The molecule has 0 aromatic heterocycles. The number of ether oxygens (including phenoxy) is 2. The number of hydrogen-bond donors (Lipinski definition) is 3. The molecule has 3 aromatic rings. The molecule has 4 unspecified atom stereocenters. The lowest BCUT2D eigenvalue weighted by Crippen LogP contribution is -2.38. The molecule has 52 heavy (non-hydrogen) atoms. The Hall–Kier alpha value is -4.28. The number of fused-ring (bicyclic) bond motifs is 2. The van der Waals surface area contributed by atoms with Crippen LogP contribution in [0.25, 0.3) is 0 Å². The number of esters is 2. The van der Waals surface area contributed by atoms with Crippen LogP contribution >= 0.6 is 23.2 Å². The SMILES string of the molecule is CCCCC(OC(=O)CCC(=O)O)c1ccccc1C(=O)N(Cc1cc(Cl)cc(Cl)c1O)c1ccc(C(=O)OC2CC3CCC2(C)C3(C)C)c(O)c1. The van der Waals surface area contributed by atoms with Crippen LogP contribution in [0.5, 0.6) is 11.5 Å². The normalized spacial score (nSPS) is 20.7. The van der Waals surface area contributed by atoms with Crippen molar-refractivity contribution >= 4 is 52.7 Å². The molecule has 0 heterocycles. The second kappa shape index (κ2) is 15.8.